The number of nitrogens with zero attached hydrogens (tertiary/aromatic N) is 2. The lowest BCUT2D eigenvalue weighted by Gasteiger charge is -2.38. The number of alkyl halides is 6. The summed E-state index contributed by atoms with van der Waals surface area (Å²) in [5.41, 5.74) is 1.55. The third-order valence-corrected chi connectivity index (χ3v) is 13.9. The molecule has 0 saturated carbocycles. The van der Waals surface area contributed by atoms with E-state index in [1.54, 1.807) is 6.92 Å². The molecule has 0 radical (unpaired) electrons. The molecule has 1 heterocycles. The second kappa shape index (κ2) is 15.8. The molecule has 1 aliphatic heterocycles. The highest BCUT2D eigenvalue weighted by atomic mass is 19.4. The van der Waals surface area contributed by atoms with Crippen LogP contribution in [-0.2, 0) is 30.1 Å². The number of anilines is 2. The smallest absolute Gasteiger partial charge is 0.411 e. The van der Waals surface area contributed by atoms with Gasteiger partial charge < -0.3 is 15.1 Å². The topological polar surface area (TPSA) is 81.1 Å². The van der Waals surface area contributed by atoms with Crippen LogP contribution in [0.2, 0.25) is 0 Å². The first-order valence-electron chi connectivity index (χ1n) is 22.1. The van der Waals surface area contributed by atoms with Crippen LogP contribution in [0.5, 0.6) is 11.5 Å². The Balaban J connectivity index is 1.24. The van der Waals surface area contributed by atoms with Gasteiger partial charge in [-0.05, 0) is 123 Å². The van der Waals surface area contributed by atoms with Crippen molar-refractivity contribution in [3.05, 3.63) is 188 Å². The maximum atomic E-state index is 15.5. The van der Waals surface area contributed by atoms with E-state index in [-0.39, 0.29) is 16.6 Å². The Morgan fingerprint density at radius 1 is 0.552 bits per heavy atom. The van der Waals surface area contributed by atoms with Crippen LogP contribution in [0.25, 0.3) is 21.9 Å². The third kappa shape index (κ3) is 6.31. The second-order valence-corrected chi connectivity index (χ2v) is 17.6. The van der Waals surface area contributed by atoms with Crippen LogP contribution in [0.1, 0.15) is 97.1 Å². The Morgan fingerprint density at radius 2 is 1.03 bits per heavy atom. The summed E-state index contributed by atoms with van der Waals surface area (Å²) in [6.45, 7) is 7.87. The minimum atomic E-state index is -6.05. The fourth-order valence-corrected chi connectivity index (χ4v) is 11.0. The van der Waals surface area contributed by atoms with Gasteiger partial charge in [-0.2, -0.15) is 26.3 Å². The highest BCUT2D eigenvalue weighted by Gasteiger charge is 2.73. The van der Waals surface area contributed by atoms with Crippen LogP contribution in [-0.4, -0.2) is 48.5 Å². The minimum Gasteiger partial charge on any atom is -0.507 e. The van der Waals surface area contributed by atoms with Crippen molar-refractivity contribution in [2.45, 2.75) is 70.1 Å². The molecule has 7 aromatic rings. The molecule has 0 aromatic heterocycles. The van der Waals surface area contributed by atoms with Crippen molar-refractivity contribution >= 4 is 34.0 Å². The molecule has 0 saturated heterocycles. The standard InChI is InChI=1S/C55H46F6N2O4/c1-7-31-25-36(52(37-26-32(8-2)49(62(5)6)33(9-3)27-37)44-16-12-10-14-38(44)39-15-11-13-17-45(39)52)24-30(4)48(31)63-50(66)41-21-19-35(29-43(41)51(63)67)53(54(56,57)58,55(59,60)61)34-18-20-40-42(28-34)47(65)23-22-46(40)64/h10-29,64-65H,7-9H2,1-6H3. The van der Waals surface area contributed by atoms with Gasteiger partial charge in [0.1, 0.15) is 11.5 Å². The van der Waals surface area contributed by atoms with Crippen LogP contribution in [0.4, 0.5) is 37.7 Å². The Bertz CT molecular complexity index is 3120. The molecule has 2 aliphatic rings. The summed E-state index contributed by atoms with van der Waals surface area (Å²) in [5.74, 6) is -3.09. The number of aromatic hydroxyl groups is 2. The van der Waals surface area contributed by atoms with Gasteiger partial charge in [-0.1, -0.05) is 112 Å². The van der Waals surface area contributed by atoms with Gasteiger partial charge in [0.15, 0.2) is 0 Å². The number of carbonyl (C=O) groups is 2. The summed E-state index contributed by atoms with van der Waals surface area (Å²) in [6.07, 6.45) is -10.3. The number of fused-ring (bicyclic) bond motifs is 5. The second-order valence-electron chi connectivity index (χ2n) is 17.6. The molecule has 0 atom stereocenters. The van der Waals surface area contributed by atoms with E-state index in [0.29, 0.717) is 41.8 Å². The first-order valence-corrected chi connectivity index (χ1v) is 22.1. The third-order valence-electron chi connectivity index (χ3n) is 13.9. The fourth-order valence-electron chi connectivity index (χ4n) is 11.0. The quantitative estimate of drug-likeness (QED) is 0.0856. The van der Waals surface area contributed by atoms with E-state index >= 15 is 26.3 Å². The van der Waals surface area contributed by atoms with Crippen LogP contribution in [0.3, 0.4) is 0 Å². The summed E-state index contributed by atoms with van der Waals surface area (Å²) < 4.78 is 92.9. The van der Waals surface area contributed by atoms with Crippen molar-refractivity contribution in [1.82, 2.24) is 0 Å². The van der Waals surface area contributed by atoms with Crippen molar-refractivity contribution in [1.29, 1.82) is 0 Å². The van der Waals surface area contributed by atoms with E-state index in [9.17, 15) is 19.8 Å². The molecular weight excluding hydrogens is 867 g/mol. The molecule has 7 aromatic carbocycles. The summed E-state index contributed by atoms with van der Waals surface area (Å²) in [4.78, 5) is 32.1. The predicted octanol–water partition coefficient (Wildman–Crippen LogP) is 12.9. The Labute approximate surface area is 383 Å². The van der Waals surface area contributed by atoms with Crippen LogP contribution >= 0.6 is 0 Å². The lowest BCUT2D eigenvalue weighted by atomic mass is 9.66. The van der Waals surface area contributed by atoms with Crippen LogP contribution < -0.4 is 9.80 Å². The van der Waals surface area contributed by atoms with Gasteiger partial charge in [0.05, 0.1) is 22.2 Å². The van der Waals surface area contributed by atoms with E-state index in [4.69, 9.17) is 0 Å². The number of rotatable bonds is 9. The van der Waals surface area contributed by atoms with E-state index in [1.165, 1.54) is 0 Å². The van der Waals surface area contributed by atoms with Crippen LogP contribution in [0.15, 0.2) is 121 Å². The van der Waals surface area contributed by atoms with Crippen molar-refractivity contribution in [2.75, 3.05) is 23.9 Å². The molecule has 67 heavy (non-hydrogen) atoms. The van der Waals surface area contributed by atoms with Gasteiger partial charge in [-0.3, -0.25) is 9.59 Å². The van der Waals surface area contributed by atoms with Crippen LogP contribution in [0, 0.1) is 6.92 Å². The molecule has 1 aliphatic carbocycles. The van der Waals surface area contributed by atoms with E-state index < -0.39 is 68.6 Å². The summed E-state index contributed by atoms with van der Waals surface area (Å²) >= 11 is 0. The van der Waals surface area contributed by atoms with Gasteiger partial charge in [-0.15, -0.1) is 0 Å². The first kappa shape index (κ1) is 45.1. The van der Waals surface area contributed by atoms with Gasteiger partial charge in [-0.25, -0.2) is 4.90 Å². The molecule has 2 amide bonds. The lowest BCUT2D eigenvalue weighted by Crippen LogP contribution is -2.54. The first-order chi connectivity index (χ1) is 31.8. The zero-order chi connectivity index (χ0) is 48.1. The minimum absolute atomic E-state index is 0.175. The molecule has 12 heteroatoms. The van der Waals surface area contributed by atoms with Crippen molar-refractivity contribution < 1.29 is 46.1 Å². The molecule has 0 fully saturated rings. The molecular formula is C55H46F6N2O4. The van der Waals surface area contributed by atoms with E-state index in [1.807, 2.05) is 57.4 Å². The number of imide groups is 1. The van der Waals surface area contributed by atoms with Gasteiger partial charge in [0.2, 0.25) is 5.41 Å². The number of hydrogen-bond acceptors (Lipinski definition) is 5. The van der Waals surface area contributed by atoms with E-state index in [0.717, 1.165) is 92.2 Å². The number of benzene rings is 7. The average Bonchev–Trinajstić information content (AvgIpc) is 3.73. The largest absolute Gasteiger partial charge is 0.507 e. The molecule has 0 spiro atoms. The maximum Gasteiger partial charge on any atom is 0.411 e. The van der Waals surface area contributed by atoms with Crippen molar-refractivity contribution in [2.24, 2.45) is 0 Å². The SMILES string of the molecule is CCc1cc(C2(c3cc(C)c(N4C(=O)c5ccc(C(c6ccc7c(O)ccc(O)c7c6)(C(F)(F)F)C(F)(F)F)cc5C4=O)c(CC)c3)c3ccccc3-c3ccccc32)cc(CC)c1N(C)C. The Morgan fingerprint density at radius 3 is 1.57 bits per heavy atom. The number of halogens is 6. The number of amides is 2. The Kier molecular flexibility index (Phi) is 10.6. The van der Waals surface area contributed by atoms with Gasteiger partial charge in [0.25, 0.3) is 11.8 Å². The van der Waals surface area contributed by atoms with Crippen molar-refractivity contribution in [3.63, 3.8) is 0 Å². The number of hydrogen-bond donors (Lipinski definition) is 2. The zero-order valence-electron chi connectivity index (χ0n) is 37.5. The monoisotopic (exact) mass is 912 g/mol. The number of carbonyl (C=O) groups excluding carboxylic acids is 2. The lowest BCUT2D eigenvalue weighted by molar-refractivity contribution is -0.288. The zero-order valence-corrected chi connectivity index (χ0v) is 37.5. The Hall–Kier alpha value is -7.08. The average molecular weight is 913 g/mol. The van der Waals surface area contributed by atoms with Gasteiger partial charge >= 0.3 is 12.4 Å². The predicted molar refractivity (Wildman–Crippen MR) is 249 cm³/mol. The van der Waals surface area contributed by atoms with Crippen molar-refractivity contribution in [3.8, 4) is 22.6 Å². The summed E-state index contributed by atoms with van der Waals surface area (Å²) in [7, 11) is 4.07. The normalized spacial score (nSPS) is 14.4. The highest BCUT2D eigenvalue weighted by molar-refractivity contribution is 6.35. The fraction of sp³-hybridized carbons (Fsp3) is 0.236. The molecule has 0 bridgehead atoms. The number of phenolic OH excluding ortho intramolecular Hbond substituents is 2. The molecule has 2 N–H and O–H groups in total. The highest BCUT2D eigenvalue weighted by Crippen LogP contribution is 2.59. The summed E-state index contributed by atoms with van der Waals surface area (Å²) in [6, 6.07) is 30.8. The number of aryl methyl sites for hydroxylation is 4. The molecule has 342 valence electrons. The van der Waals surface area contributed by atoms with Gasteiger partial charge in [0, 0.05) is 30.6 Å². The summed E-state index contributed by atoms with van der Waals surface area (Å²) in [5, 5.41) is 20.2. The molecule has 9 rings (SSSR count). The molecule has 0 unspecified atom stereocenters. The number of phenols is 2. The molecule has 6 nitrogen and oxygen atoms in total. The maximum absolute atomic E-state index is 15.5. The van der Waals surface area contributed by atoms with E-state index in [2.05, 4.69) is 55.1 Å².